The number of aromatic nitrogens is 3. The minimum absolute atomic E-state index is 0.151. The minimum Gasteiger partial charge on any atom is -0.497 e. The fraction of sp³-hybridized carbons (Fsp3) is 0.160. The van der Waals surface area contributed by atoms with Crippen LogP contribution >= 0.6 is 11.8 Å². The van der Waals surface area contributed by atoms with Crippen LogP contribution in [0.5, 0.6) is 5.75 Å². The number of nitrogens with zero attached hydrogens (tertiary/aromatic N) is 2. The number of H-pyrrole nitrogens is 1. The van der Waals surface area contributed by atoms with E-state index in [9.17, 15) is 4.79 Å². The molecule has 0 unspecified atom stereocenters. The quantitative estimate of drug-likeness (QED) is 0.347. The Morgan fingerprint density at radius 1 is 0.969 bits per heavy atom. The Bertz CT molecular complexity index is 1170. The fourth-order valence-corrected chi connectivity index (χ4v) is 3.87. The van der Waals surface area contributed by atoms with Crippen molar-refractivity contribution >= 4 is 23.4 Å². The van der Waals surface area contributed by atoms with E-state index in [1.165, 1.54) is 5.56 Å². The molecule has 0 aliphatic heterocycles. The number of nitrogens with one attached hydrogen (secondary N) is 2. The summed E-state index contributed by atoms with van der Waals surface area (Å²) in [5.74, 6) is 2.08. The van der Waals surface area contributed by atoms with Crippen LogP contribution in [0.25, 0.3) is 11.4 Å². The molecule has 0 bridgehead atoms. The Hall–Kier alpha value is -3.58. The summed E-state index contributed by atoms with van der Waals surface area (Å²) in [5.41, 5.74) is 4.73. The van der Waals surface area contributed by atoms with E-state index < -0.39 is 0 Å². The Labute approximate surface area is 191 Å². The van der Waals surface area contributed by atoms with Crippen LogP contribution in [-0.4, -0.2) is 28.2 Å². The van der Waals surface area contributed by atoms with Gasteiger partial charge in [-0.25, -0.2) is 4.98 Å². The standard InChI is InChI=1S/C25H24N4O2S/c1-3-17-4-8-19(9-5-17)23-27-25(29-28-23)32-16-18-6-10-20(11-7-18)24(30)26-21-12-14-22(31-2)15-13-21/h4-15H,3,16H2,1-2H3,(H,26,30)(H,27,28,29). The lowest BCUT2D eigenvalue weighted by molar-refractivity contribution is 0.102. The van der Waals surface area contributed by atoms with Gasteiger partial charge in [0.15, 0.2) is 5.82 Å². The molecule has 2 N–H and O–H groups in total. The topological polar surface area (TPSA) is 79.9 Å². The highest BCUT2D eigenvalue weighted by Crippen LogP contribution is 2.23. The van der Waals surface area contributed by atoms with Gasteiger partial charge in [-0.05, 0) is 53.9 Å². The number of amides is 1. The summed E-state index contributed by atoms with van der Waals surface area (Å²) in [6.07, 6.45) is 1.01. The number of hydrogen-bond donors (Lipinski definition) is 2. The lowest BCUT2D eigenvalue weighted by Crippen LogP contribution is -2.11. The van der Waals surface area contributed by atoms with Crippen molar-refractivity contribution in [1.29, 1.82) is 0 Å². The predicted octanol–water partition coefficient (Wildman–Crippen LogP) is 5.59. The molecule has 0 saturated heterocycles. The molecule has 162 valence electrons. The molecule has 3 aromatic carbocycles. The first kappa shape index (κ1) is 21.6. The van der Waals surface area contributed by atoms with Crippen molar-refractivity contribution < 1.29 is 9.53 Å². The molecule has 4 rings (SSSR count). The Morgan fingerprint density at radius 3 is 2.31 bits per heavy atom. The Kier molecular flexibility index (Phi) is 6.87. The number of benzene rings is 3. The zero-order valence-electron chi connectivity index (χ0n) is 18.0. The summed E-state index contributed by atoms with van der Waals surface area (Å²) in [6.45, 7) is 2.14. The molecule has 1 heterocycles. The molecule has 6 nitrogen and oxygen atoms in total. The van der Waals surface area contributed by atoms with Crippen molar-refractivity contribution in [3.63, 3.8) is 0 Å². The highest BCUT2D eigenvalue weighted by atomic mass is 32.2. The molecule has 4 aromatic rings. The van der Waals surface area contributed by atoms with Crippen LogP contribution in [0.3, 0.4) is 0 Å². The van der Waals surface area contributed by atoms with Crippen LogP contribution < -0.4 is 10.1 Å². The number of carbonyl (C=O) groups excluding carboxylic acids is 1. The number of thioether (sulfide) groups is 1. The Morgan fingerprint density at radius 2 is 1.66 bits per heavy atom. The van der Waals surface area contributed by atoms with Crippen LogP contribution in [0.1, 0.15) is 28.4 Å². The van der Waals surface area contributed by atoms with Crippen LogP contribution in [0.15, 0.2) is 78.0 Å². The maximum atomic E-state index is 12.5. The lowest BCUT2D eigenvalue weighted by atomic mass is 10.1. The molecule has 7 heteroatoms. The van der Waals surface area contributed by atoms with Gasteiger partial charge in [-0.3, -0.25) is 9.89 Å². The van der Waals surface area contributed by atoms with Gasteiger partial charge in [-0.1, -0.05) is 55.1 Å². The van der Waals surface area contributed by atoms with E-state index in [-0.39, 0.29) is 5.91 Å². The summed E-state index contributed by atoms with van der Waals surface area (Å²) in [4.78, 5) is 17.0. The van der Waals surface area contributed by atoms with E-state index in [0.717, 1.165) is 34.8 Å². The molecule has 0 radical (unpaired) electrons. The number of methoxy groups -OCH3 is 1. The van der Waals surface area contributed by atoms with E-state index in [0.29, 0.717) is 16.5 Å². The highest BCUT2D eigenvalue weighted by Gasteiger charge is 2.09. The second-order valence-electron chi connectivity index (χ2n) is 7.19. The zero-order valence-corrected chi connectivity index (χ0v) is 18.8. The van der Waals surface area contributed by atoms with Crippen LogP contribution in [0.4, 0.5) is 5.69 Å². The average Bonchev–Trinajstić information content (AvgIpc) is 3.32. The maximum absolute atomic E-state index is 12.5. The lowest BCUT2D eigenvalue weighted by Gasteiger charge is -2.07. The van der Waals surface area contributed by atoms with Crippen molar-refractivity contribution in [2.75, 3.05) is 12.4 Å². The van der Waals surface area contributed by atoms with Gasteiger partial charge in [0.2, 0.25) is 5.16 Å². The van der Waals surface area contributed by atoms with Crippen molar-refractivity contribution in [3.8, 4) is 17.1 Å². The number of aryl methyl sites for hydroxylation is 1. The molecule has 1 aromatic heterocycles. The van der Waals surface area contributed by atoms with Gasteiger partial charge in [-0.2, -0.15) is 0 Å². The van der Waals surface area contributed by atoms with Crippen LogP contribution in [0.2, 0.25) is 0 Å². The average molecular weight is 445 g/mol. The first-order valence-corrected chi connectivity index (χ1v) is 11.3. The number of aromatic amines is 1. The van der Waals surface area contributed by atoms with Crippen LogP contribution in [-0.2, 0) is 12.2 Å². The summed E-state index contributed by atoms with van der Waals surface area (Å²) >= 11 is 1.55. The molecule has 0 fully saturated rings. The van der Waals surface area contributed by atoms with E-state index in [2.05, 4.69) is 51.7 Å². The van der Waals surface area contributed by atoms with E-state index in [4.69, 9.17) is 4.74 Å². The number of carbonyl (C=O) groups is 1. The smallest absolute Gasteiger partial charge is 0.255 e. The number of anilines is 1. The van der Waals surface area contributed by atoms with Crippen molar-refractivity contribution in [2.24, 2.45) is 0 Å². The van der Waals surface area contributed by atoms with E-state index in [1.54, 1.807) is 18.9 Å². The first-order chi connectivity index (χ1) is 15.6. The van der Waals surface area contributed by atoms with Crippen molar-refractivity contribution in [2.45, 2.75) is 24.3 Å². The summed E-state index contributed by atoms with van der Waals surface area (Å²) in [6, 6.07) is 23.1. The monoisotopic (exact) mass is 444 g/mol. The number of ether oxygens (including phenoxy) is 1. The third-order valence-corrected chi connectivity index (χ3v) is 5.95. The van der Waals surface area contributed by atoms with Gasteiger partial charge in [0.25, 0.3) is 5.91 Å². The summed E-state index contributed by atoms with van der Waals surface area (Å²) in [7, 11) is 1.61. The molecular formula is C25H24N4O2S. The maximum Gasteiger partial charge on any atom is 0.255 e. The largest absolute Gasteiger partial charge is 0.497 e. The van der Waals surface area contributed by atoms with Gasteiger partial charge >= 0.3 is 0 Å². The third-order valence-electron chi connectivity index (χ3n) is 5.03. The molecular weight excluding hydrogens is 420 g/mol. The number of hydrogen-bond acceptors (Lipinski definition) is 5. The molecule has 0 aliphatic carbocycles. The molecule has 0 spiro atoms. The molecule has 32 heavy (non-hydrogen) atoms. The van der Waals surface area contributed by atoms with Gasteiger partial charge in [0.05, 0.1) is 7.11 Å². The number of rotatable bonds is 8. The van der Waals surface area contributed by atoms with Gasteiger partial charge in [0.1, 0.15) is 5.75 Å². The second kappa shape index (κ2) is 10.2. The molecule has 1 amide bonds. The van der Waals surface area contributed by atoms with Gasteiger partial charge in [-0.15, -0.1) is 5.10 Å². The predicted molar refractivity (Wildman–Crippen MR) is 128 cm³/mol. The van der Waals surface area contributed by atoms with Gasteiger partial charge < -0.3 is 10.1 Å². The third kappa shape index (κ3) is 5.36. The van der Waals surface area contributed by atoms with E-state index >= 15 is 0 Å². The normalized spacial score (nSPS) is 10.7. The fourth-order valence-electron chi connectivity index (χ4n) is 3.12. The van der Waals surface area contributed by atoms with Crippen LogP contribution in [0, 0.1) is 0 Å². The zero-order chi connectivity index (χ0) is 22.3. The van der Waals surface area contributed by atoms with Crippen molar-refractivity contribution in [1.82, 2.24) is 15.2 Å². The molecule has 0 saturated carbocycles. The highest BCUT2D eigenvalue weighted by molar-refractivity contribution is 7.98. The first-order valence-electron chi connectivity index (χ1n) is 10.3. The van der Waals surface area contributed by atoms with Crippen molar-refractivity contribution in [3.05, 3.63) is 89.5 Å². The second-order valence-corrected chi connectivity index (χ2v) is 8.13. The van der Waals surface area contributed by atoms with E-state index in [1.807, 2.05) is 48.5 Å². The molecule has 0 atom stereocenters. The van der Waals surface area contributed by atoms with Gasteiger partial charge in [0, 0.05) is 22.6 Å². The molecule has 0 aliphatic rings. The summed E-state index contributed by atoms with van der Waals surface area (Å²) in [5, 5.41) is 10.9. The minimum atomic E-state index is -0.151. The Balaban J connectivity index is 1.32. The summed E-state index contributed by atoms with van der Waals surface area (Å²) < 4.78 is 5.13. The SMILES string of the molecule is CCc1ccc(-c2nc(SCc3ccc(C(=O)Nc4ccc(OC)cc4)cc3)n[nH]2)cc1.